The molecule has 2 amide bonds. The first-order valence-corrected chi connectivity index (χ1v) is 10.4. The summed E-state index contributed by atoms with van der Waals surface area (Å²) in [5.74, 6) is -0.379. The standard InChI is InChI=1S/C22H26F2N4O4/c1-14(2)13-31-21(29)26-10-17-11-28(22(30)32-17)16-4-5-20(18(23)8-16)27-7-6-15(9-25-3)19(24)12-27/h4-5,8-9,14,17,19H,6-7,10-13H2,1-2H3,(H,26,29)/b15-9+/t17-,19?/m0/s1. The highest BCUT2D eigenvalue weighted by molar-refractivity contribution is 5.90. The lowest BCUT2D eigenvalue weighted by Crippen LogP contribution is -2.38. The van der Waals surface area contributed by atoms with E-state index in [2.05, 4.69) is 10.2 Å². The Morgan fingerprint density at radius 2 is 2.22 bits per heavy atom. The van der Waals surface area contributed by atoms with Crippen molar-refractivity contribution in [3.63, 3.8) is 0 Å². The Balaban J connectivity index is 1.59. The van der Waals surface area contributed by atoms with Gasteiger partial charge in [-0.25, -0.2) is 23.2 Å². The zero-order chi connectivity index (χ0) is 23.3. The molecule has 0 radical (unpaired) electrons. The number of carbonyl (C=O) groups excluding carboxylic acids is 2. The first-order chi connectivity index (χ1) is 15.3. The monoisotopic (exact) mass is 448 g/mol. The fourth-order valence-corrected chi connectivity index (χ4v) is 3.52. The van der Waals surface area contributed by atoms with Gasteiger partial charge in [0.1, 0.15) is 18.1 Å². The molecular weight excluding hydrogens is 422 g/mol. The summed E-state index contributed by atoms with van der Waals surface area (Å²) in [6, 6.07) is 4.29. The highest BCUT2D eigenvalue weighted by Crippen LogP contribution is 2.31. The van der Waals surface area contributed by atoms with Crippen molar-refractivity contribution in [1.82, 2.24) is 5.32 Å². The molecule has 2 aliphatic heterocycles. The molecule has 2 aliphatic rings. The maximum absolute atomic E-state index is 14.8. The number of ether oxygens (including phenoxy) is 2. The third-order valence-corrected chi connectivity index (χ3v) is 5.16. The minimum absolute atomic E-state index is 0.0377. The molecule has 1 aromatic rings. The average molecular weight is 448 g/mol. The summed E-state index contributed by atoms with van der Waals surface area (Å²) in [5, 5.41) is 2.55. The molecule has 2 heterocycles. The van der Waals surface area contributed by atoms with Crippen molar-refractivity contribution in [2.24, 2.45) is 5.92 Å². The molecule has 1 N–H and O–H groups in total. The summed E-state index contributed by atoms with van der Waals surface area (Å²) in [6.45, 7) is 11.5. The van der Waals surface area contributed by atoms with E-state index in [1.165, 1.54) is 23.2 Å². The maximum Gasteiger partial charge on any atom is 0.414 e. The van der Waals surface area contributed by atoms with Crippen molar-refractivity contribution in [2.45, 2.75) is 32.5 Å². The fourth-order valence-electron chi connectivity index (χ4n) is 3.52. The number of nitrogens with zero attached hydrogens (tertiary/aromatic N) is 3. The number of amides is 2. The fraction of sp³-hybridized carbons (Fsp3) is 0.500. The van der Waals surface area contributed by atoms with Gasteiger partial charge in [0.2, 0.25) is 0 Å². The van der Waals surface area contributed by atoms with Crippen LogP contribution in [-0.2, 0) is 9.47 Å². The number of anilines is 2. The molecule has 0 saturated carbocycles. The highest BCUT2D eigenvalue weighted by Gasteiger charge is 2.33. The Hall–Kier alpha value is -3.35. The molecule has 0 aliphatic carbocycles. The summed E-state index contributed by atoms with van der Waals surface area (Å²) in [4.78, 5) is 29.9. The summed E-state index contributed by atoms with van der Waals surface area (Å²) >= 11 is 0. The predicted molar refractivity (Wildman–Crippen MR) is 115 cm³/mol. The van der Waals surface area contributed by atoms with Crippen LogP contribution in [0.25, 0.3) is 4.85 Å². The van der Waals surface area contributed by atoms with E-state index in [-0.39, 0.29) is 37.8 Å². The number of halogens is 2. The topological polar surface area (TPSA) is 75.5 Å². The van der Waals surface area contributed by atoms with Gasteiger partial charge in [-0.3, -0.25) is 4.90 Å². The van der Waals surface area contributed by atoms with Crippen LogP contribution in [0.2, 0.25) is 0 Å². The summed E-state index contributed by atoms with van der Waals surface area (Å²) in [7, 11) is 0. The zero-order valence-corrected chi connectivity index (χ0v) is 18.0. The van der Waals surface area contributed by atoms with E-state index in [0.717, 1.165) is 0 Å². The number of alkyl carbamates (subject to hydrolysis) is 1. The first-order valence-electron chi connectivity index (χ1n) is 10.4. The number of nitrogens with one attached hydrogen (secondary N) is 1. The quantitative estimate of drug-likeness (QED) is 0.669. The van der Waals surface area contributed by atoms with Gasteiger partial charge in [0.15, 0.2) is 6.20 Å². The maximum atomic E-state index is 14.8. The number of hydrogen-bond donors (Lipinski definition) is 1. The van der Waals surface area contributed by atoms with Crippen LogP contribution in [0.15, 0.2) is 30.0 Å². The van der Waals surface area contributed by atoms with E-state index in [1.807, 2.05) is 13.8 Å². The molecule has 3 rings (SSSR count). The van der Waals surface area contributed by atoms with Crippen molar-refractivity contribution in [3.8, 4) is 0 Å². The van der Waals surface area contributed by atoms with Gasteiger partial charge in [0.05, 0.1) is 44.2 Å². The van der Waals surface area contributed by atoms with Crippen LogP contribution in [0, 0.1) is 18.3 Å². The molecule has 8 nitrogen and oxygen atoms in total. The molecule has 32 heavy (non-hydrogen) atoms. The van der Waals surface area contributed by atoms with Crippen molar-refractivity contribution in [3.05, 3.63) is 47.2 Å². The van der Waals surface area contributed by atoms with Crippen LogP contribution in [0.1, 0.15) is 20.3 Å². The van der Waals surface area contributed by atoms with E-state index in [1.54, 1.807) is 11.0 Å². The van der Waals surface area contributed by atoms with E-state index in [9.17, 15) is 18.4 Å². The lowest BCUT2D eigenvalue weighted by molar-refractivity contribution is 0.118. The Kier molecular flexibility index (Phi) is 7.51. The Bertz CT molecular complexity index is 931. The third-order valence-electron chi connectivity index (χ3n) is 5.16. The minimum Gasteiger partial charge on any atom is -0.449 e. The molecule has 0 spiro atoms. The first kappa shape index (κ1) is 23.3. The smallest absolute Gasteiger partial charge is 0.414 e. The largest absolute Gasteiger partial charge is 0.449 e. The molecule has 2 saturated heterocycles. The molecule has 1 aromatic carbocycles. The highest BCUT2D eigenvalue weighted by atomic mass is 19.1. The van der Waals surface area contributed by atoms with Crippen LogP contribution < -0.4 is 15.1 Å². The van der Waals surface area contributed by atoms with Gasteiger partial charge in [0, 0.05) is 6.54 Å². The Morgan fingerprint density at radius 1 is 1.44 bits per heavy atom. The van der Waals surface area contributed by atoms with Crippen LogP contribution in [0.5, 0.6) is 0 Å². The Labute approximate surface area is 185 Å². The van der Waals surface area contributed by atoms with Gasteiger partial charge in [0.25, 0.3) is 0 Å². The normalized spacial score (nSPS) is 22.1. The number of rotatable bonds is 6. The van der Waals surface area contributed by atoms with E-state index in [0.29, 0.717) is 24.2 Å². The molecule has 10 heteroatoms. The van der Waals surface area contributed by atoms with Crippen molar-refractivity contribution in [2.75, 3.05) is 42.6 Å². The Morgan fingerprint density at radius 3 is 2.88 bits per heavy atom. The summed E-state index contributed by atoms with van der Waals surface area (Å²) in [6.07, 6.45) is -1.63. The van der Waals surface area contributed by atoms with Crippen LogP contribution in [-0.4, -0.2) is 57.2 Å². The molecule has 2 atom stereocenters. The third kappa shape index (κ3) is 5.66. The van der Waals surface area contributed by atoms with Crippen molar-refractivity contribution < 1.29 is 27.8 Å². The number of alkyl halides is 1. The second kappa shape index (κ2) is 10.3. The number of carbonyl (C=O) groups is 2. The molecule has 0 aromatic heterocycles. The van der Waals surface area contributed by atoms with E-state index < -0.39 is 30.3 Å². The molecule has 0 bridgehead atoms. The van der Waals surface area contributed by atoms with Crippen LogP contribution >= 0.6 is 0 Å². The zero-order valence-electron chi connectivity index (χ0n) is 18.0. The molecule has 1 unspecified atom stereocenters. The van der Waals surface area contributed by atoms with E-state index >= 15 is 0 Å². The number of benzene rings is 1. The second-order valence-electron chi connectivity index (χ2n) is 8.12. The number of piperidine rings is 1. The lowest BCUT2D eigenvalue weighted by atomic mass is 10.0. The summed E-state index contributed by atoms with van der Waals surface area (Å²) < 4.78 is 39.3. The SMILES string of the molecule is [C-]#[N+]/C=C1\CCN(c2ccc(N3C[C@H](CNC(=O)OCC(C)C)OC3=O)cc2F)CC1F. The molecule has 172 valence electrons. The molecule has 2 fully saturated rings. The average Bonchev–Trinajstić information content (AvgIpc) is 3.13. The summed E-state index contributed by atoms with van der Waals surface area (Å²) in [5.41, 5.74) is 0.960. The number of cyclic esters (lactones) is 1. The van der Waals surface area contributed by atoms with Crippen LogP contribution in [0.3, 0.4) is 0 Å². The van der Waals surface area contributed by atoms with Gasteiger partial charge >= 0.3 is 12.2 Å². The lowest BCUT2D eigenvalue weighted by Gasteiger charge is -2.33. The van der Waals surface area contributed by atoms with Gasteiger partial charge in [-0.1, -0.05) is 13.8 Å². The predicted octanol–water partition coefficient (Wildman–Crippen LogP) is 3.88. The molecular formula is C22H26F2N4O4. The van der Waals surface area contributed by atoms with Gasteiger partial charge in [-0.05, 0) is 36.1 Å². The van der Waals surface area contributed by atoms with Crippen molar-refractivity contribution in [1.29, 1.82) is 0 Å². The van der Waals surface area contributed by atoms with E-state index in [4.69, 9.17) is 16.0 Å². The van der Waals surface area contributed by atoms with Crippen molar-refractivity contribution >= 4 is 23.6 Å². The van der Waals surface area contributed by atoms with Gasteiger partial charge < -0.3 is 19.7 Å². The van der Waals surface area contributed by atoms with Gasteiger partial charge in [-0.15, -0.1) is 0 Å². The second-order valence-corrected chi connectivity index (χ2v) is 8.12. The van der Waals surface area contributed by atoms with Gasteiger partial charge in [-0.2, -0.15) is 0 Å². The minimum atomic E-state index is -1.33. The number of hydrogen-bond acceptors (Lipinski definition) is 5. The van der Waals surface area contributed by atoms with Crippen LogP contribution in [0.4, 0.5) is 29.7 Å².